The fraction of sp³-hybridized carbons (Fsp3) is 0.531. The molecule has 16 heteroatoms. The predicted molar refractivity (Wildman–Crippen MR) is 187 cm³/mol. The predicted octanol–water partition coefficient (Wildman–Crippen LogP) is 3.67. The number of thiophene rings is 1. The fourth-order valence-corrected chi connectivity index (χ4v) is 9.66. The maximum atomic E-state index is 13.0. The number of piperidine rings is 1. The van der Waals surface area contributed by atoms with Gasteiger partial charge in [0.15, 0.2) is 0 Å². The Balaban J connectivity index is 1.10. The smallest absolute Gasteiger partial charge is 0.367 e. The molecule has 0 bridgehead atoms. The summed E-state index contributed by atoms with van der Waals surface area (Å²) >= 11 is 1.06. The molecule has 10 nitrogen and oxygen atoms in total. The van der Waals surface area contributed by atoms with Crippen LogP contribution in [0.4, 0.5) is 19.0 Å². The maximum Gasteiger partial charge on any atom is 0.393 e. The van der Waals surface area contributed by atoms with Crippen LogP contribution in [0.5, 0.6) is 0 Å². The zero-order valence-electron chi connectivity index (χ0n) is 27.6. The van der Waals surface area contributed by atoms with E-state index in [-0.39, 0.29) is 16.1 Å². The van der Waals surface area contributed by atoms with Gasteiger partial charge in [0.05, 0.1) is 18.1 Å². The number of nitriles is 1. The van der Waals surface area contributed by atoms with E-state index in [0.717, 1.165) is 70.5 Å². The van der Waals surface area contributed by atoms with Gasteiger partial charge in [-0.15, -0.1) is 11.3 Å². The molecule has 0 unspecified atom stereocenters. The van der Waals surface area contributed by atoms with Crippen molar-refractivity contribution in [1.82, 2.24) is 28.6 Å². The van der Waals surface area contributed by atoms with E-state index >= 15 is 0 Å². The van der Waals surface area contributed by atoms with Crippen molar-refractivity contribution in [3.05, 3.63) is 52.3 Å². The first-order valence-electron chi connectivity index (χ1n) is 16.1. The number of sulfonamides is 1. The molecule has 258 valence electrons. The third-order valence-corrected chi connectivity index (χ3v) is 13.1. The van der Waals surface area contributed by atoms with Gasteiger partial charge in [-0.05, 0) is 56.0 Å². The molecule has 0 amide bonds. The van der Waals surface area contributed by atoms with Crippen molar-refractivity contribution < 1.29 is 21.6 Å². The fourth-order valence-electron chi connectivity index (χ4n) is 7.04. The summed E-state index contributed by atoms with van der Waals surface area (Å²) in [5.74, 6) is 0.587. The minimum atomic E-state index is -4.27. The highest BCUT2D eigenvalue weighted by Crippen LogP contribution is 2.34. The van der Waals surface area contributed by atoms with Gasteiger partial charge in [0.25, 0.3) is 0 Å². The zero-order valence-corrected chi connectivity index (χ0v) is 31.3. The number of piperazine rings is 1. The van der Waals surface area contributed by atoms with Gasteiger partial charge in [0.2, 0.25) is 10.0 Å². The Labute approximate surface area is 286 Å². The molecule has 0 saturated carbocycles. The summed E-state index contributed by atoms with van der Waals surface area (Å²) in [4.78, 5) is 14.1. The number of aromatic nitrogens is 3. The summed E-state index contributed by atoms with van der Waals surface area (Å²) in [6.45, 7) is 9.81. The van der Waals surface area contributed by atoms with Gasteiger partial charge >= 0.3 is 6.18 Å². The molecule has 4 aromatic rings. The quantitative estimate of drug-likeness (QED) is 0.262. The van der Waals surface area contributed by atoms with Crippen molar-refractivity contribution >= 4 is 58.5 Å². The summed E-state index contributed by atoms with van der Waals surface area (Å²) < 4.78 is 66.5. The van der Waals surface area contributed by atoms with Crippen LogP contribution in [0, 0.1) is 18.3 Å². The van der Waals surface area contributed by atoms with E-state index in [2.05, 4.69) is 61.7 Å². The molecule has 2 fully saturated rings. The highest BCUT2D eigenvalue weighted by molar-refractivity contribution is 7.88. The van der Waals surface area contributed by atoms with Crippen LogP contribution in [-0.4, -0.2) is 110 Å². The molecule has 48 heavy (non-hydrogen) atoms. The number of benzene rings is 1. The van der Waals surface area contributed by atoms with Crippen molar-refractivity contribution in [2.75, 3.05) is 50.8 Å². The van der Waals surface area contributed by atoms with Crippen molar-refractivity contribution in [3.8, 4) is 6.07 Å². The average Bonchev–Trinajstić information content (AvgIpc) is 3.59. The minimum Gasteiger partial charge on any atom is -0.367 e. The molecule has 3 aromatic heterocycles. The molecule has 5 heterocycles. The van der Waals surface area contributed by atoms with E-state index in [4.69, 9.17) is 0 Å². The number of anilines is 1. The van der Waals surface area contributed by atoms with Crippen LogP contribution in [0.25, 0.3) is 21.1 Å². The average molecular weight is 719 g/mol. The van der Waals surface area contributed by atoms with Crippen LogP contribution in [0.15, 0.2) is 30.6 Å². The largest absolute Gasteiger partial charge is 0.393 e. The minimum absolute atomic E-state index is 0.154. The van der Waals surface area contributed by atoms with Gasteiger partial charge in [-0.2, -0.15) is 22.7 Å². The Morgan fingerprint density at radius 2 is 1.79 bits per heavy atom. The highest BCUT2D eigenvalue weighted by atomic mass is 32.2. The van der Waals surface area contributed by atoms with E-state index in [1.807, 2.05) is 6.07 Å². The number of halogens is 3. The number of rotatable bonds is 9. The normalized spacial score (nSPS) is 19.2. The molecule has 2 aliphatic rings. The second-order valence-corrected chi connectivity index (χ2v) is 18.9. The van der Waals surface area contributed by atoms with Gasteiger partial charge < -0.3 is 9.88 Å². The van der Waals surface area contributed by atoms with Crippen LogP contribution < -0.4 is 5.32 Å². The van der Waals surface area contributed by atoms with Gasteiger partial charge in [0, 0.05) is 89.6 Å². The topological polar surface area (TPSA) is 110 Å². The van der Waals surface area contributed by atoms with Gasteiger partial charge in [-0.3, -0.25) is 9.80 Å². The molecular weight excluding hydrogens is 678 g/mol. The van der Waals surface area contributed by atoms with Gasteiger partial charge in [-0.1, -0.05) is 6.07 Å². The summed E-state index contributed by atoms with van der Waals surface area (Å²) in [6.07, 6.45) is -0.818. The summed E-state index contributed by atoms with van der Waals surface area (Å²) in [5.41, 5.74) is 4.05. The number of hydrogen-bond donors (Lipinski definition) is 1. The first-order valence-corrected chi connectivity index (χ1v) is 19.8. The highest BCUT2D eigenvalue weighted by Gasteiger charge is 2.34. The Morgan fingerprint density at radius 3 is 2.44 bits per heavy atom. The molecule has 1 aromatic carbocycles. The lowest BCUT2D eigenvalue weighted by atomic mass is 10.0. The van der Waals surface area contributed by atoms with Crippen molar-refractivity contribution in [1.29, 1.82) is 5.26 Å². The summed E-state index contributed by atoms with van der Waals surface area (Å²) in [6, 6.07) is 10.4. The summed E-state index contributed by atoms with van der Waals surface area (Å²) in [7, 11) is -2.35. The lowest BCUT2D eigenvalue weighted by Crippen LogP contribution is -2.58. The standard InChI is InChI=1S/C32H41F3N8O2S2Si/c1-21-22(18-40-8-6-23(7-9-40)39-29-27-15-25(16-32(33,34)35)46-30(27)38-20-37-29)4-5-28-26(21)14-24(17-36)43(28)19-31(2,48)41-10-12-42(13-11-41)47(3,44)45/h4-5,14-15,20,23H,6-13,16,18-19H2,1-3,48H3,(H,37,38,39)/t31-/m0/s1. The number of alkyl halides is 3. The lowest BCUT2D eigenvalue weighted by molar-refractivity contribution is -0.126. The Hall–Kier alpha value is -3.07. The molecule has 0 spiro atoms. The lowest BCUT2D eigenvalue weighted by Gasteiger charge is -2.44. The molecule has 6 rings (SSSR count). The van der Waals surface area contributed by atoms with Crippen LogP contribution in [0.2, 0.25) is 0 Å². The van der Waals surface area contributed by atoms with Crippen molar-refractivity contribution in [3.63, 3.8) is 0 Å². The van der Waals surface area contributed by atoms with E-state index in [1.165, 1.54) is 22.5 Å². The number of likely N-dealkylation sites (tertiary alicyclic amines) is 1. The Bertz CT molecular complexity index is 1960. The monoisotopic (exact) mass is 718 g/mol. The molecular formula is C32H41F3N8O2S2Si. The number of nitrogens with zero attached hydrogens (tertiary/aromatic N) is 7. The third-order valence-electron chi connectivity index (χ3n) is 9.77. The second kappa shape index (κ2) is 13.3. The van der Waals surface area contributed by atoms with Gasteiger partial charge in [-0.25, -0.2) is 18.4 Å². The van der Waals surface area contributed by atoms with E-state index in [9.17, 15) is 26.9 Å². The number of aryl methyl sites for hydroxylation is 1. The van der Waals surface area contributed by atoms with Crippen molar-refractivity contribution in [2.45, 2.75) is 63.6 Å². The molecule has 2 saturated heterocycles. The van der Waals surface area contributed by atoms with Gasteiger partial charge in [0.1, 0.15) is 28.7 Å². The van der Waals surface area contributed by atoms with Crippen molar-refractivity contribution in [2.24, 2.45) is 0 Å². The first-order chi connectivity index (χ1) is 22.6. The molecule has 0 radical (unpaired) electrons. The number of hydrogen-bond acceptors (Lipinski definition) is 9. The van der Waals surface area contributed by atoms with E-state index in [0.29, 0.717) is 54.5 Å². The number of nitrogens with one attached hydrogen (secondary N) is 1. The summed E-state index contributed by atoms with van der Waals surface area (Å²) in [5, 5.41) is 15.1. The molecule has 1 atom stereocenters. The molecule has 1 N–H and O–H groups in total. The maximum absolute atomic E-state index is 13.0. The SMILES string of the molecule is Cc1c(CN2CCC(Nc3ncnc4sc(CC(F)(F)F)cc34)CC2)ccc2c1cc(C#N)n2C[C@](C)([SiH3])N1CCN(S(C)(=O)=O)CC1. The first kappa shape index (κ1) is 34.8. The van der Waals surface area contributed by atoms with Crippen LogP contribution in [-0.2, 0) is 29.5 Å². The Morgan fingerprint density at radius 1 is 1.08 bits per heavy atom. The van der Waals surface area contributed by atoms with Crippen LogP contribution in [0.3, 0.4) is 0 Å². The van der Waals surface area contributed by atoms with E-state index < -0.39 is 22.6 Å². The number of fused-ring (bicyclic) bond motifs is 2. The van der Waals surface area contributed by atoms with Crippen LogP contribution in [0.1, 0.15) is 41.5 Å². The second-order valence-electron chi connectivity index (χ2n) is 13.6. The third kappa shape index (κ3) is 7.56. The van der Waals surface area contributed by atoms with Crippen LogP contribution >= 0.6 is 11.3 Å². The molecule has 2 aliphatic heterocycles. The molecule has 0 aliphatic carbocycles. The van der Waals surface area contributed by atoms with E-state index in [1.54, 1.807) is 6.07 Å². The zero-order chi connectivity index (χ0) is 34.4. The Kier molecular flexibility index (Phi) is 9.66.